The summed E-state index contributed by atoms with van der Waals surface area (Å²) in [7, 11) is 0. The molecule has 0 fully saturated rings. The topological polar surface area (TPSA) is 0 Å². The summed E-state index contributed by atoms with van der Waals surface area (Å²) < 4.78 is 49.4. The van der Waals surface area contributed by atoms with Crippen molar-refractivity contribution in [2.45, 2.75) is 18.3 Å². The molecule has 0 radical (unpaired) electrons. The normalized spacial score (nSPS) is 12.8. The van der Waals surface area contributed by atoms with E-state index < -0.39 is 28.6 Å². The van der Waals surface area contributed by atoms with Crippen molar-refractivity contribution in [2.75, 3.05) is 5.88 Å². The lowest BCUT2D eigenvalue weighted by atomic mass is 10.1. The molecule has 0 aliphatic carbocycles. The Balaban J connectivity index is 4.70. The van der Waals surface area contributed by atoms with Crippen LogP contribution in [-0.2, 0) is 0 Å². The fourth-order valence-electron chi connectivity index (χ4n) is 0.528. The molecule has 78 valence electrons. The van der Waals surface area contributed by atoms with Crippen LogP contribution in [0.4, 0.5) is 17.6 Å². The van der Waals surface area contributed by atoms with Gasteiger partial charge in [0.05, 0.1) is 0 Å². The second-order valence-corrected chi connectivity index (χ2v) is 3.59. The summed E-state index contributed by atoms with van der Waals surface area (Å²) in [5, 5.41) is 0. The molecule has 0 nitrogen and oxygen atoms in total. The summed E-state index contributed by atoms with van der Waals surface area (Å²) >= 11 is 14.6. The lowest BCUT2D eigenvalue weighted by molar-refractivity contribution is -0.179. The average Bonchev–Trinajstić information content (AvgIpc) is 1.82. The van der Waals surface area contributed by atoms with E-state index in [-0.39, 0.29) is 6.08 Å². The zero-order valence-corrected chi connectivity index (χ0v) is 8.41. The molecule has 0 aromatic heterocycles. The predicted molar refractivity (Wildman–Crippen MR) is 45.0 cm³/mol. The van der Waals surface area contributed by atoms with E-state index in [1.165, 1.54) is 0 Å². The molecular formula is C6H5Cl3F4. The van der Waals surface area contributed by atoms with Crippen molar-refractivity contribution >= 4 is 34.8 Å². The van der Waals surface area contributed by atoms with Crippen LogP contribution < -0.4 is 0 Å². The van der Waals surface area contributed by atoms with Crippen molar-refractivity contribution < 1.29 is 17.6 Å². The molecule has 0 rings (SSSR count). The third kappa shape index (κ3) is 3.92. The maximum Gasteiger partial charge on any atom is 0.331 e. The third-order valence-electron chi connectivity index (χ3n) is 1.19. The van der Waals surface area contributed by atoms with Gasteiger partial charge in [-0.2, -0.15) is 17.6 Å². The zero-order chi connectivity index (χ0) is 10.7. The Kier molecular flexibility index (Phi) is 4.83. The van der Waals surface area contributed by atoms with E-state index in [0.717, 1.165) is 0 Å². The van der Waals surface area contributed by atoms with E-state index in [1.807, 2.05) is 0 Å². The van der Waals surface area contributed by atoms with E-state index >= 15 is 0 Å². The highest BCUT2D eigenvalue weighted by Crippen LogP contribution is 2.39. The van der Waals surface area contributed by atoms with Crippen molar-refractivity contribution in [1.29, 1.82) is 0 Å². The van der Waals surface area contributed by atoms with Crippen molar-refractivity contribution in [3.8, 4) is 0 Å². The van der Waals surface area contributed by atoms with E-state index in [9.17, 15) is 17.6 Å². The van der Waals surface area contributed by atoms with Crippen molar-refractivity contribution in [3.05, 3.63) is 10.6 Å². The second kappa shape index (κ2) is 4.71. The monoisotopic (exact) mass is 258 g/mol. The second-order valence-electron chi connectivity index (χ2n) is 2.20. The summed E-state index contributed by atoms with van der Waals surface area (Å²) in [6.45, 7) is 0. The Labute approximate surface area is 87.4 Å². The van der Waals surface area contributed by atoms with Crippen LogP contribution in [0.15, 0.2) is 10.6 Å². The van der Waals surface area contributed by atoms with Crippen LogP contribution in [0.3, 0.4) is 0 Å². The van der Waals surface area contributed by atoms with Gasteiger partial charge >= 0.3 is 11.8 Å². The minimum absolute atomic E-state index is 0.206. The molecule has 0 atom stereocenters. The Hall–Kier alpha value is 0.330. The molecule has 0 bridgehead atoms. The highest BCUT2D eigenvalue weighted by molar-refractivity contribution is 6.55. The van der Waals surface area contributed by atoms with Gasteiger partial charge in [0.25, 0.3) is 0 Å². The first-order valence-corrected chi connectivity index (χ1v) is 4.37. The Morgan fingerprint density at radius 3 is 1.92 bits per heavy atom. The molecule has 0 aliphatic heterocycles. The summed E-state index contributed by atoms with van der Waals surface area (Å²) in [5.74, 6) is -9.18. The van der Waals surface area contributed by atoms with Gasteiger partial charge in [-0.1, -0.05) is 23.2 Å². The van der Waals surface area contributed by atoms with Crippen LogP contribution in [0.5, 0.6) is 0 Å². The van der Waals surface area contributed by atoms with Gasteiger partial charge in [-0.15, -0.1) is 11.6 Å². The van der Waals surface area contributed by atoms with Gasteiger partial charge in [-0.05, 0) is 0 Å². The molecule has 0 amide bonds. The summed E-state index contributed by atoms with van der Waals surface area (Å²) in [5.41, 5.74) is 0. The van der Waals surface area contributed by atoms with E-state index in [1.54, 1.807) is 0 Å². The first kappa shape index (κ1) is 13.3. The van der Waals surface area contributed by atoms with Crippen LogP contribution in [-0.4, -0.2) is 17.7 Å². The zero-order valence-electron chi connectivity index (χ0n) is 6.14. The lowest BCUT2D eigenvalue weighted by Gasteiger charge is -2.22. The first-order valence-electron chi connectivity index (χ1n) is 3.08. The Morgan fingerprint density at radius 2 is 1.62 bits per heavy atom. The number of alkyl halides is 5. The maximum absolute atomic E-state index is 12.6. The van der Waals surface area contributed by atoms with Gasteiger partial charge in [-0.25, -0.2) is 0 Å². The summed E-state index contributed by atoms with van der Waals surface area (Å²) in [4.78, 5) is 0. The van der Waals surface area contributed by atoms with E-state index in [0.29, 0.717) is 0 Å². The van der Waals surface area contributed by atoms with Crippen LogP contribution in [0, 0.1) is 0 Å². The first-order chi connectivity index (χ1) is 5.73. The van der Waals surface area contributed by atoms with Gasteiger partial charge in [-0.3, -0.25) is 0 Å². The lowest BCUT2D eigenvalue weighted by Crippen LogP contribution is -2.39. The van der Waals surface area contributed by atoms with Gasteiger partial charge in [0.1, 0.15) is 4.49 Å². The SMILES string of the molecule is FC(F)(C=C(Cl)Cl)C(F)(F)CCCl. The van der Waals surface area contributed by atoms with Crippen LogP contribution in [0.25, 0.3) is 0 Å². The van der Waals surface area contributed by atoms with Crippen LogP contribution in [0.1, 0.15) is 6.42 Å². The molecule has 0 spiro atoms. The minimum atomic E-state index is -4.37. The fraction of sp³-hybridized carbons (Fsp3) is 0.667. The molecule has 0 unspecified atom stereocenters. The predicted octanol–water partition coefficient (Wildman–Crippen LogP) is 4.20. The molecule has 0 heterocycles. The number of rotatable bonds is 4. The largest absolute Gasteiger partial charge is 0.331 e. The molecule has 0 aromatic carbocycles. The number of halogens is 7. The van der Waals surface area contributed by atoms with Crippen molar-refractivity contribution in [3.63, 3.8) is 0 Å². The standard InChI is InChI=1S/C6H5Cl3F4/c7-2-1-5(10,11)6(12,13)3-4(8)9/h3H,1-2H2. The molecule has 0 N–H and O–H groups in total. The van der Waals surface area contributed by atoms with Gasteiger partial charge in [0, 0.05) is 18.4 Å². The Bertz CT molecular complexity index is 198. The molecule has 7 heteroatoms. The quantitative estimate of drug-likeness (QED) is 0.524. The van der Waals surface area contributed by atoms with Crippen molar-refractivity contribution in [2.24, 2.45) is 0 Å². The highest BCUT2D eigenvalue weighted by Gasteiger charge is 2.53. The Morgan fingerprint density at radius 1 is 1.15 bits per heavy atom. The number of hydrogen-bond donors (Lipinski definition) is 0. The van der Waals surface area contributed by atoms with Gasteiger partial charge < -0.3 is 0 Å². The molecule has 0 aromatic rings. The van der Waals surface area contributed by atoms with Gasteiger partial charge in [0.2, 0.25) is 0 Å². The van der Waals surface area contributed by atoms with E-state index in [4.69, 9.17) is 34.8 Å². The molecule has 13 heavy (non-hydrogen) atoms. The molecular weight excluding hydrogens is 254 g/mol. The van der Waals surface area contributed by atoms with Crippen LogP contribution in [0.2, 0.25) is 0 Å². The molecule has 0 saturated carbocycles. The average molecular weight is 259 g/mol. The minimum Gasteiger partial charge on any atom is -0.199 e. The van der Waals surface area contributed by atoms with Crippen molar-refractivity contribution in [1.82, 2.24) is 0 Å². The molecule has 0 saturated heterocycles. The smallest absolute Gasteiger partial charge is 0.199 e. The van der Waals surface area contributed by atoms with Gasteiger partial charge in [0.15, 0.2) is 0 Å². The maximum atomic E-state index is 12.6. The number of hydrogen-bond acceptors (Lipinski definition) is 0. The highest BCUT2D eigenvalue weighted by atomic mass is 35.5. The summed E-state index contributed by atoms with van der Waals surface area (Å²) in [6, 6.07) is 0. The van der Waals surface area contributed by atoms with Crippen LogP contribution >= 0.6 is 34.8 Å². The fourth-order valence-corrected chi connectivity index (χ4v) is 1.04. The third-order valence-corrected chi connectivity index (χ3v) is 1.59. The van der Waals surface area contributed by atoms with E-state index in [2.05, 4.69) is 0 Å². The number of allylic oxidation sites excluding steroid dienone is 1. The summed E-state index contributed by atoms with van der Waals surface area (Å²) in [6.07, 6.45) is -1.35. The molecule has 0 aliphatic rings.